The van der Waals surface area contributed by atoms with Crippen molar-refractivity contribution in [3.63, 3.8) is 0 Å². The van der Waals surface area contributed by atoms with Crippen molar-refractivity contribution in [3.05, 3.63) is 39.9 Å². The van der Waals surface area contributed by atoms with Gasteiger partial charge in [-0.05, 0) is 38.0 Å². The molecular weight excluding hydrogens is 450 g/mol. The van der Waals surface area contributed by atoms with E-state index in [-0.39, 0.29) is 28.5 Å². The zero-order valence-electron chi connectivity index (χ0n) is 16.4. The second kappa shape index (κ2) is 9.86. The van der Waals surface area contributed by atoms with Gasteiger partial charge in [-0.1, -0.05) is 18.0 Å². The zero-order valence-corrected chi connectivity index (χ0v) is 18.8. The monoisotopic (exact) mass is 471 g/mol. The van der Waals surface area contributed by atoms with Gasteiger partial charge >= 0.3 is 5.97 Å². The van der Waals surface area contributed by atoms with Crippen LogP contribution in [0.4, 0.5) is 5.13 Å². The molecule has 30 heavy (non-hydrogen) atoms. The summed E-state index contributed by atoms with van der Waals surface area (Å²) in [6.07, 6.45) is 2.61. The van der Waals surface area contributed by atoms with Crippen LogP contribution < -0.4 is 5.32 Å². The smallest absolute Gasteiger partial charge is 0.311 e. The fraction of sp³-hybridized carbons (Fsp3) is 0.421. The van der Waals surface area contributed by atoms with Gasteiger partial charge in [0.05, 0.1) is 23.7 Å². The van der Waals surface area contributed by atoms with E-state index in [1.807, 2.05) is 0 Å². The highest BCUT2D eigenvalue weighted by Crippen LogP contribution is 2.28. The predicted molar refractivity (Wildman–Crippen MR) is 114 cm³/mol. The Bertz CT molecular complexity index is 1030. The van der Waals surface area contributed by atoms with Crippen LogP contribution in [0.5, 0.6) is 0 Å². The van der Waals surface area contributed by atoms with Crippen LogP contribution in [-0.2, 0) is 26.0 Å². The molecule has 1 aromatic heterocycles. The molecule has 2 aromatic rings. The molecular formula is C19H22ClN3O5S2. The van der Waals surface area contributed by atoms with E-state index in [1.165, 1.54) is 22.5 Å². The summed E-state index contributed by atoms with van der Waals surface area (Å²) in [6, 6.07) is 4.15. The Morgan fingerprint density at radius 2 is 2.00 bits per heavy atom. The molecule has 0 bridgehead atoms. The third-order valence-electron chi connectivity index (χ3n) is 4.53. The summed E-state index contributed by atoms with van der Waals surface area (Å²) in [5, 5.41) is 4.65. The molecule has 3 rings (SSSR count). The maximum atomic E-state index is 13.0. The number of carbonyl (C=O) groups is 2. The Balaban J connectivity index is 1.75. The van der Waals surface area contributed by atoms with Gasteiger partial charge in [0, 0.05) is 24.0 Å². The van der Waals surface area contributed by atoms with Crippen LogP contribution in [0.15, 0.2) is 28.5 Å². The Hall–Kier alpha value is -2.01. The van der Waals surface area contributed by atoms with Crippen LogP contribution in [0, 0.1) is 0 Å². The first-order chi connectivity index (χ1) is 14.3. The first kappa shape index (κ1) is 22.7. The number of rotatable bonds is 7. The van der Waals surface area contributed by atoms with Crippen molar-refractivity contribution in [1.29, 1.82) is 0 Å². The van der Waals surface area contributed by atoms with Gasteiger partial charge in [-0.2, -0.15) is 4.31 Å². The maximum absolute atomic E-state index is 13.0. The van der Waals surface area contributed by atoms with Gasteiger partial charge in [0.2, 0.25) is 10.0 Å². The van der Waals surface area contributed by atoms with Crippen molar-refractivity contribution in [2.45, 2.75) is 37.5 Å². The van der Waals surface area contributed by atoms with Crippen LogP contribution in [0.25, 0.3) is 0 Å². The van der Waals surface area contributed by atoms with Crippen LogP contribution >= 0.6 is 22.9 Å². The highest BCUT2D eigenvalue weighted by molar-refractivity contribution is 7.89. The van der Waals surface area contributed by atoms with Gasteiger partial charge in [-0.15, -0.1) is 11.3 Å². The number of hydrogen-bond donors (Lipinski definition) is 1. The Labute approximate surface area is 184 Å². The van der Waals surface area contributed by atoms with E-state index in [0.717, 1.165) is 30.6 Å². The molecule has 162 valence electrons. The molecule has 11 heteroatoms. The van der Waals surface area contributed by atoms with Gasteiger partial charge in [0.25, 0.3) is 5.91 Å². The largest absolute Gasteiger partial charge is 0.466 e. The molecule has 1 aliphatic rings. The molecule has 0 atom stereocenters. The van der Waals surface area contributed by atoms with Crippen LogP contribution in [0.3, 0.4) is 0 Å². The quantitative estimate of drug-likeness (QED) is 0.621. The fourth-order valence-electron chi connectivity index (χ4n) is 3.06. The average Bonchev–Trinajstić information content (AvgIpc) is 3.15. The lowest BCUT2D eigenvalue weighted by Gasteiger charge is -2.26. The van der Waals surface area contributed by atoms with E-state index in [2.05, 4.69) is 10.3 Å². The minimum atomic E-state index is -3.78. The number of piperidine rings is 1. The lowest BCUT2D eigenvalue weighted by Crippen LogP contribution is -2.35. The molecule has 1 aliphatic heterocycles. The van der Waals surface area contributed by atoms with Crippen LogP contribution in [0.1, 0.15) is 42.2 Å². The third-order valence-corrected chi connectivity index (χ3v) is 7.72. The fourth-order valence-corrected chi connectivity index (χ4v) is 5.78. The van der Waals surface area contributed by atoms with Crippen molar-refractivity contribution in [3.8, 4) is 0 Å². The van der Waals surface area contributed by atoms with Crippen LogP contribution in [-0.4, -0.2) is 49.3 Å². The van der Waals surface area contributed by atoms with E-state index in [4.69, 9.17) is 16.3 Å². The van der Waals surface area contributed by atoms with E-state index in [9.17, 15) is 18.0 Å². The Morgan fingerprint density at radius 1 is 1.27 bits per heavy atom. The third kappa shape index (κ3) is 5.37. The topological polar surface area (TPSA) is 106 Å². The van der Waals surface area contributed by atoms with Gasteiger partial charge < -0.3 is 4.74 Å². The molecule has 0 spiro atoms. The van der Waals surface area contributed by atoms with Gasteiger partial charge in [-0.25, -0.2) is 13.4 Å². The molecule has 8 nitrogen and oxygen atoms in total. The summed E-state index contributed by atoms with van der Waals surface area (Å²) in [4.78, 5) is 28.3. The molecule has 2 heterocycles. The van der Waals surface area contributed by atoms with Crippen molar-refractivity contribution in [2.24, 2.45) is 0 Å². The summed E-state index contributed by atoms with van der Waals surface area (Å²) in [7, 11) is -3.78. The summed E-state index contributed by atoms with van der Waals surface area (Å²) in [5.74, 6) is -0.912. The van der Waals surface area contributed by atoms with Gasteiger partial charge in [-0.3, -0.25) is 14.9 Å². The minimum Gasteiger partial charge on any atom is -0.466 e. The highest BCUT2D eigenvalue weighted by atomic mass is 35.5. The van der Waals surface area contributed by atoms with Crippen LogP contribution in [0.2, 0.25) is 5.02 Å². The lowest BCUT2D eigenvalue weighted by atomic mass is 10.2. The number of esters is 1. The number of ether oxygens (including phenoxy) is 1. The number of sulfonamides is 1. The molecule has 1 fully saturated rings. The first-order valence-corrected chi connectivity index (χ1v) is 12.2. The molecule has 1 saturated heterocycles. The number of nitrogens with one attached hydrogen (secondary N) is 1. The molecule has 1 amide bonds. The number of anilines is 1. The number of halogens is 1. The number of amides is 1. The van der Waals surface area contributed by atoms with E-state index >= 15 is 0 Å². The number of nitrogens with zero attached hydrogens (tertiary/aromatic N) is 2. The van der Waals surface area contributed by atoms with E-state index in [1.54, 1.807) is 12.3 Å². The zero-order chi connectivity index (χ0) is 21.7. The maximum Gasteiger partial charge on any atom is 0.311 e. The standard InChI is InChI=1S/C19H22ClN3O5S2/c1-2-28-17(24)11-14-12-29-19(21-14)22-18(25)13-6-7-15(20)16(10-13)30(26,27)23-8-4-3-5-9-23/h6-7,10,12H,2-5,8-9,11H2,1H3,(H,21,22,25). The van der Waals surface area contributed by atoms with Crippen molar-refractivity contribution in [2.75, 3.05) is 25.0 Å². The normalized spacial score (nSPS) is 15.0. The molecule has 1 aromatic carbocycles. The van der Waals surface area contributed by atoms with E-state index in [0.29, 0.717) is 23.9 Å². The first-order valence-electron chi connectivity index (χ1n) is 9.52. The van der Waals surface area contributed by atoms with Gasteiger partial charge in [0.15, 0.2) is 5.13 Å². The second-order valence-corrected chi connectivity index (χ2v) is 9.86. The molecule has 1 N–H and O–H groups in total. The highest BCUT2D eigenvalue weighted by Gasteiger charge is 2.29. The molecule has 0 saturated carbocycles. The summed E-state index contributed by atoms with van der Waals surface area (Å²) < 4.78 is 32.2. The number of benzene rings is 1. The molecule has 0 unspecified atom stereocenters. The van der Waals surface area contributed by atoms with Crippen molar-refractivity contribution < 1.29 is 22.7 Å². The number of aromatic nitrogens is 1. The Morgan fingerprint density at radius 3 is 2.70 bits per heavy atom. The second-order valence-electron chi connectivity index (χ2n) is 6.69. The van der Waals surface area contributed by atoms with E-state index < -0.39 is 21.9 Å². The number of thiazole rings is 1. The van der Waals surface area contributed by atoms with Gasteiger partial charge in [0.1, 0.15) is 4.90 Å². The summed E-state index contributed by atoms with van der Waals surface area (Å²) in [5.41, 5.74) is 0.635. The minimum absolute atomic E-state index is 0.0133. The van der Waals surface area contributed by atoms with Crippen molar-refractivity contribution >= 4 is 50.0 Å². The summed E-state index contributed by atoms with van der Waals surface area (Å²) in [6.45, 7) is 2.89. The molecule has 0 radical (unpaired) electrons. The predicted octanol–water partition coefficient (Wildman–Crippen LogP) is 3.33. The molecule has 0 aliphatic carbocycles. The number of carbonyl (C=O) groups excluding carboxylic acids is 2. The number of hydrogen-bond acceptors (Lipinski definition) is 7. The lowest BCUT2D eigenvalue weighted by molar-refractivity contribution is -0.142. The average molecular weight is 472 g/mol. The SMILES string of the molecule is CCOC(=O)Cc1csc(NC(=O)c2ccc(Cl)c(S(=O)(=O)N3CCCCC3)c2)n1. The van der Waals surface area contributed by atoms with Crippen molar-refractivity contribution in [1.82, 2.24) is 9.29 Å². The Kier molecular flexibility index (Phi) is 7.45. The summed E-state index contributed by atoms with van der Waals surface area (Å²) >= 11 is 7.32.